The highest BCUT2D eigenvalue weighted by Crippen LogP contribution is 2.55. The van der Waals surface area contributed by atoms with E-state index in [1.54, 1.807) is 0 Å². The van der Waals surface area contributed by atoms with Crippen molar-refractivity contribution in [1.29, 1.82) is 0 Å². The smallest absolute Gasteiger partial charge is 0.104 e. The maximum Gasteiger partial charge on any atom is 0.111 e. The van der Waals surface area contributed by atoms with Gasteiger partial charge in [-0.1, -0.05) is 25.7 Å². The minimum atomic E-state index is -0.150. The third kappa shape index (κ3) is 1.16. The van der Waals surface area contributed by atoms with Crippen LogP contribution in [0.25, 0.3) is 0 Å². The highest BCUT2D eigenvalue weighted by Gasteiger charge is 2.57. The van der Waals surface area contributed by atoms with Crippen LogP contribution in [-0.2, 0) is 0 Å². The molecule has 0 aromatic carbocycles. The Bertz CT molecular complexity index is 221. The summed E-state index contributed by atoms with van der Waals surface area (Å²) in [5, 5.41) is 0. The lowest BCUT2D eigenvalue weighted by Gasteiger charge is -1.93. The van der Waals surface area contributed by atoms with Crippen molar-refractivity contribution in [2.75, 3.05) is 0 Å². The molecule has 0 heterocycles. The van der Waals surface area contributed by atoms with Crippen LogP contribution in [0.1, 0.15) is 26.7 Å². The van der Waals surface area contributed by atoms with Gasteiger partial charge in [-0.05, 0) is 24.7 Å². The number of hydrogen-bond donors (Lipinski definition) is 0. The molecule has 11 heavy (non-hydrogen) atoms. The van der Waals surface area contributed by atoms with Gasteiger partial charge in [0.05, 0.1) is 0 Å². The topological polar surface area (TPSA) is 0 Å². The normalized spacial score (nSPS) is 47.9. The van der Waals surface area contributed by atoms with Gasteiger partial charge in [0.15, 0.2) is 0 Å². The highest BCUT2D eigenvalue weighted by molar-refractivity contribution is 6.28. The van der Waals surface area contributed by atoms with Gasteiger partial charge < -0.3 is 0 Å². The van der Waals surface area contributed by atoms with Gasteiger partial charge in [0.1, 0.15) is 4.87 Å². The predicted molar refractivity (Wildman–Crippen MR) is 47.4 cm³/mol. The minimum absolute atomic E-state index is 0.150. The summed E-state index contributed by atoms with van der Waals surface area (Å²) in [4.78, 5) is -0.150. The molecule has 0 aromatic rings. The maximum atomic E-state index is 6.24. The number of hydrogen-bond acceptors (Lipinski definition) is 0. The molecule has 2 rings (SSSR count). The van der Waals surface area contributed by atoms with Crippen LogP contribution in [0.5, 0.6) is 0 Å². The quantitative estimate of drug-likeness (QED) is 0.386. The molecule has 2 saturated carbocycles. The highest BCUT2D eigenvalue weighted by atomic mass is 35.5. The number of alkyl halides is 1. The van der Waals surface area contributed by atoms with E-state index in [1.807, 2.05) is 0 Å². The monoisotopic (exact) mass is 168 g/mol. The largest absolute Gasteiger partial charge is 0.111 e. The lowest BCUT2D eigenvalue weighted by Crippen LogP contribution is -1.97. The summed E-state index contributed by atoms with van der Waals surface area (Å²) in [6, 6.07) is 0. The maximum absolute atomic E-state index is 6.24. The fraction of sp³-hybridized carbons (Fsp3) is 0.800. The average Bonchev–Trinajstić information content (AvgIpc) is 2.86. The Balaban J connectivity index is 2.01. The Kier molecular flexibility index (Phi) is 1.48. The lowest BCUT2D eigenvalue weighted by atomic mass is 10.3. The van der Waals surface area contributed by atoms with E-state index < -0.39 is 0 Å². The van der Waals surface area contributed by atoms with Gasteiger partial charge >= 0.3 is 0 Å². The van der Waals surface area contributed by atoms with E-state index in [4.69, 9.17) is 11.6 Å². The first-order valence-electron chi connectivity index (χ1n) is 4.36. The van der Waals surface area contributed by atoms with Crippen molar-refractivity contribution in [3.05, 3.63) is 0 Å². The van der Waals surface area contributed by atoms with Crippen LogP contribution in [0.4, 0.5) is 0 Å². The summed E-state index contributed by atoms with van der Waals surface area (Å²) in [6.45, 7) is 4.36. The Hall–Kier alpha value is -0.150. The van der Waals surface area contributed by atoms with E-state index in [0.717, 1.165) is 0 Å². The molecule has 0 saturated heterocycles. The molecule has 0 spiro atoms. The van der Waals surface area contributed by atoms with Crippen LogP contribution in [0, 0.1) is 29.6 Å². The molecule has 1 heteroatoms. The Labute approximate surface area is 73.3 Å². The van der Waals surface area contributed by atoms with Crippen molar-refractivity contribution in [2.45, 2.75) is 31.6 Å². The first-order chi connectivity index (χ1) is 5.14. The van der Waals surface area contributed by atoms with Gasteiger partial charge in [-0.2, -0.15) is 0 Å². The fourth-order valence-corrected chi connectivity index (χ4v) is 1.76. The second-order valence-corrected chi connectivity index (χ2v) is 4.51. The van der Waals surface area contributed by atoms with Crippen molar-refractivity contribution >= 4 is 11.6 Å². The summed E-state index contributed by atoms with van der Waals surface area (Å²) in [6.07, 6.45) is 2.59. The van der Waals surface area contributed by atoms with Gasteiger partial charge in [0.25, 0.3) is 0 Å². The molecule has 0 amide bonds. The summed E-state index contributed by atoms with van der Waals surface area (Å²) < 4.78 is 0. The standard InChI is InChI=1S/C10H13Cl/c1-7-8(2)10(7,11)6-5-9-3-4-9/h7-9H,3-4H2,1-2H3/t7-,8?,10?/m1/s1. The van der Waals surface area contributed by atoms with Crippen LogP contribution in [0.2, 0.25) is 0 Å². The van der Waals surface area contributed by atoms with E-state index in [9.17, 15) is 0 Å². The van der Waals surface area contributed by atoms with Gasteiger partial charge in [0, 0.05) is 5.92 Å². The third-order valence-corrected chi connectivity index (χ3v) is 3.79. The summed E-state index contributed by atoms with van der Waals surface area (Å²) in [7, 11) is 0. The molecule has 0 nitrogen and oxygen atoms in total. The second kappa shape index (κ2) is 2.17. The van der Waals surface area contributed by atoms with Gasteiger partial charge in [-0.25, -0.2) is 0 Å². The molecule has 0 radical (unpaired) electrons. The molecule has 2 fully saturated rings. The molecule has 3 atom stereocenters. The Morgan fingerprint density at radius 1 is 1.27 bits per heavy atom. The number of rotatable bonds is 0. The summed E-state index contributed by atoms with van der Waals surface area (Å²) in [5.41, 5.74) is 0. The van der Waals surface area contributed by atoms with Gasteiger partial charge in [-0.3, -0.25) is 0 Å². The third-order valence-electron chi connectivity index (χ3n) is 3.01. The molecule has 0 aromatic heterocycles. The van der Waals surface area contributed by atoms with Crippen LogP contribution in [0.3, 0.4) is 0 Å². The van der Waals surface area contributed by atoms with E-state index in [0.29, 0.717) is 17.8 Å². The molecular weight excluding hydrogens is 156 g/mol. The molecule has 0 N–H and O–H groups in total. The van der Waals surface area contributed by atoms with E-state index in [1.165, 1.54) is 12.8 Å². The van der Waals surface area contributed by atoms with Crippen molar-refractivity contribution in [3.63, 3.8) is 0 Å². The van der Waals surface area contributed by atoms with Crippen molar-refractivity contribution in [3.8, 4) is 11.8 Å². The summed E-state index contributed by atoms with van der Waals surface area (Å²) in [5.74, 6) is 8.32. The molecular formula is C10H13Cl. The average molecular weight is 169 g/mol. The van der Waals surface area contributed by atoms with Crippen LogP contribution >= 0.6 is 11.6 Å². The zero-order valence-electron chi connectivity index (χ0n) is 7.02. The number of halogens is 1. The SMILES string of the molecule is CC1[C@@H](C)C1(Cl)C#CC1CC1. The zero-order chi connectivity index (χ0) is 8.06. The van der Waals surface area contributed by atoms with Crippen molar-refractivity contribution in [1.82, 2.24) is 0 Å². The van der Waals surface area contributed by atoms with Crippen LogP contribution in [0.15, 0.2) is 0 Å². The molecule has 2 aliphatic rings. The molecule has 2 unspecified atom stereocenters. The first-order valence-corrected chi connectivity index (χ1v) is 4.74. The van der Waals surface area contributed by atoms with E-state index in [2.05, 4.69) is 25.7 Å². The lowest BCUT2D eigenvalue weighted by molar-refractivity contribution is 0.834. The van der Waals surface area contributed by atoms with Gasteiger partial charge in [-0.15, -0.1) is 11.6 Å². The Morgan fingerprint density at radius 2 is 1.82 bits per heavy atom. The first kappa shape index (κ1) is 7.50. The van der Waals surface area contributed by atoms with Crippen molar-refractivity contribution in [2.24, 2.45) is 17.8 Å². The van der Waals surface area contributed by atoms with E-state index in [-0.39, 0.29) is 4.87 Å². The molecule has 60 valence electrons. The van der Waals surface area contributed by atoms with Crippen molar-refractivity contribution < 1.29 is 0 Å². The fourth-order valence-electron chi connectivity index (χ4n) is 1.39. The Morgan fingerprint density at radius 3 is 2.18 bits per heavy atom. The van der Waals surface area contributed by atoms with Crippen LogP contribution < -0.4 is 0 Å². The minimum Gasteiger partial charge on any atom is -0.104 e. The summed E-state index contributed by atoms with van der Waals surface area (Å²) >= 11 is 6.24. The van der Waals surface area contributed by atoms with Gasteiger partial charge in [0.2, 0.25) is 0 Å². The van der Waals surface area contributed by atoms with Crippen LogP contribution in [-0.4, -0.2) is 4.87 Å². The molecule has 0 bridgehead atoms. The molecule has 0 aliphatic heterocycles. The predicted octanol–water partition coefficient (Wildman–Crippen LogP) is 2.66. The molecule has 2 aliphatic carbocycles. The van der Waals surface area contributed by atoms with E-state index >= 15 is 0 Å². The second-order valence-electron chi connectivity index (χ2n) is 3.89. The zero-order valence-corrected chi connectivity index (χ0v) is 7.78.